The van der Waals surface area contributed by atoms with E-state index in [-0.39, 0.29) is 47.3 Å². The largest absolute Gasteiger partial charge is 1.00 e. The summed E-state index contributed by atoms with van der Waals surface area (Å²) in [7, 11) is 2.19. The normalized spacial score (nSPS) is 48.3. The van der Waals surface area contributed by atoms with Crippen LogP contribution in [0.5, 0.6) is 0 Å². The summed E-state index contributed by atoms with van der Waals surface area (Å²) >= 11 is 0. The second kappa shape index (κ2) is 6.93. The summed E-state index contributed by atoms with van der Waals surface area (Å²) in [6, 6.07) is 9.70. The van der Waals surface area contributed by atoms with Gasteiger partial charge in [-0.15, -0.1) is 5.34 Å². The third kappa shape index (κ3) is 2.15. The van der Waals surface area contributed by atoms with Gasteiger partial charge in [-0.3, -0.25) is 4.90 Å². The topological polar surface area (TPSA) is 99.4 Å². The van der Waals surface area contributed by atoms with Gasteiger partial charge in [0.2, 0.25) is 0 Å². The summed E-state index contributed by atoms with van der Waals surface area (Å²) in [5.74, 6) is 1.14. The van der Waals surface area contributed by atoms with Crippen LogP contribution in [0.3, 0.4) is 0 Å². The molecule has 8 heteroatoms. The summed E-state index contributed by atoms with van der Waals surface area (Å²) in [6.45, 7) is 2.19. The predicted molar refractivity (Wildman–Crippen MR) is 101 cm³/mol. The van der Waals surface area contributed by atoms with Crippen molar-refractivity contribution in [3.63, 3.8) is 0 Å². The minimum Gasteiger partial charge on any atom is -0.444 e. The zero-order valence-corrected chi connectivity index (χ0v) is 18.6. The van der Waals surface area contributed by atoms with Gasteiger partial charge < -0.3 is 25.2 Å². The number of likely N-dealkylation sites (N-methyl/N-ethyl adjacent to an activating group) is 1. The number of hydrogen-bond acceptors (Lipinski definition) is 7. The number of anilines is 1. The summed E-state index contributed by atoms with van der Waals surface area (Å²) < 4.78 is 0. The molecule has 1 unspecified atom stereocenters. The van der Waals surface area contributed by atoms with Crippen molar-refractivity contribution in [1.29, 1.82) is 0 Å². The number of benzene rings is 1. The van der Waals surface area contributed by atoms with E-state index in [1.165, 1.54) is 11.3 Å². The third-order valence-corrected chi connectivity index (χ3v) is 8.46. The summed E-state index contributed by atoms with van der Waals surface area (Å²) in [5.41, 5.74) is 2.51. The first-order chi connectivity index (χ1) is 13.0. The van der Waals surface area contributed by atoms with Crippen LogP contribution in [-0.4, -0.2) is 52.6 Å². The maximum absolute atomic E-state index is 11.6. The van der Waals surface area contributed by atoms with Gasteiger partial charge in [0.15, 0.2) is 0 Å². The van der Waals surface area contributed by atoms with E-state index in [4.69, 9.17) is 10.1 Å². The Morgan fingerprint density at radius 2 is 1.96 bits per heavy atom. The summed E-state index contributed by atoms with van der Waals surface area (Å²) in [5, 5.41) is 31.6. The molecule has 0 radical (unpaired) electrons. The molecule has 4 saturated heterocycles. The number of hydrogen-bond donors (Lipinski definition) is 2. The minimum atomic E-state index is -0.319. The van der Waals surface area contributed by atoms with Crippen molar-refractivity contribution in [2.45, 2.75) is 62.1 Å². The average molecular weight is 395 g/mol. The molecule has 5 fully saturated rings. The smallest absolute Gasteiger partial charge is 0.444 e. The van der Waals surface area contributed by atoms with Crippen LogP contribution in [0.15, 0.2) is 29.6 Å². The molecule has 1 aromatic rings. The van der Waals surface area contributed by atoms with E-state index in [1.54, 1.807) is 0 Å². The maximum atomic E-state index is 11.6. The van der Waals surface area contributed by atoms with Gasteiger partial charge in [0.1, 0.15) is 6.23 Å². The van der Waals surface area contributed by atoms with Gasteiger partial charge >= 0.3 is 29.6 Å². The van der Waals surface area contributed by atoms with Crippen LogP contribution >= 0.6 is 0 Å². The molecule has 10 atom stereocenters. The molecule has 1 spiro atoms. The van der Waals surface area contributed by atoms with Gasteiger partial charge in [0.25, 0.3) is 0 Å². The van der Waals surface area contributed by atoms with E-state index >= 15 is 0 Å². The van der Waals surface area contributed by atoms with E-state index in [1.807, 2.05) is 0 Å². The van der Waals surface area contributed by atoms with Crippen LogP contribution in [0.2, 0.25) is 0 Å². The van der Waals surface area contributed by atoms with Gasteiger partial charge in [0, 0.05) is 42.1 Å². The number of aliphatic hydroxyl groups is 2. The van der Waals surface area contributed by atoms with Crippen LogP contribution in [-0.2, 0) is 5.41 Å². The molecule has 1 aromatic carbocycles. The molecule has 5 heterocycles. The number of para-hydroxylation sites is 1. The molecule has 5 bridgehead atoms. The molecule has 7 nitrogen and oxygen atoms in total. The van der Waals surface area contributed by atoms with Crippen molar-refractivity contribution in [2.24, 2.45) is 23.1 Å². The fourth-order valence-electron chi connectivity index (χ4n) is 7.88. The van der Waals surface area contributed by atoms with E-state index in [2.05, 4.69) is 48.0 Å². The van der Waals surface area contributed by atoms with Crippen molar-refractivity contribution < 1.29 is 39.8 Å². The molecular weight excluding hydrogens is 369 g/mol. The number of rotatable bonds is 1. The number of fused-ring (bicyclic) bond motifs is 2. The Labute approximate surface area is 186 Å². The Bertz CT molecular complexity index is 782. The van der Waals surface area contributed by atoms with E-state index in [9.17, 15) is 10.2 Å². The van der Waals surface area contributed by atoms with Gasteiger partial charge in [-0.05, 0) is 36.8 Å². The van der Waals surface area contributed by atoms with Crippen molar-refractivity contribution in [2.75, 3.05) is 11.9 Å². The average Bonchev–Trinajstić information content (AvgIpc) is 3.05. The third-order valence-electron chi connectivity index (χ3n) is 8.46. The molecule has 6 aliphatic rings. The minimum absolute atomic E-state index is 0. The summed E-state index contributed by atoms with van der Waals surface area (Å²) in [6.07, 6.45) is 2.56. The first-order valence-electron chi connectivity index (χ1n) is 9.93. The van der Waals surface area contributed by atoms with Crippen molar-refractivity contribution in [3.05, 3.63) is 39.9 Å². The molecule has 1 saturated carbocycles. The molecule has 28 heavy (non-hydrogen) atoms. The molecule has 0 aromatic heterocycles. The van der Waals surface area contributed by atoms with Crippen LogP contribution in [0, 0.1) is 27.9 Å². The fraction of sp³-hybridized carbons (Fsp3) is 0.700. The Hall–Kier alpha value is -0.700. The van der Waals surface area contributed by atoms with Crippen LogP contribution < -0.4 is 34.5 Å². The molecule has 1 aliphatic carbocycles. The zero-order valence-electron chi connectivity index (χ0n) is 16.6. The van der Waals surface area contributed by atoms with Crippen LogP contribution in [0.4, 0.5) is 5.69 Å². The monoisotopic (exact) mass is 395 g/mol. The molecule has 5 aliphatic heterocycles. The number of nitrogens with zero attached hydrogens (tertiary/aromatic N) is 3. The molecule has 146 valence electrons. The molecular formula is C20H26N3NaO4. The molecule has 7 rings (SSSR count). The molecule has 2 N–H and O–H groups in total. The Kier molecular flexibility index (Phi) is 5.09. The quantitative estimate of drug-likeness (QED) is 0.352. The predicted octanol–water partition coefficient (Wildman–Crippen LogP) is -1.19. The standard InChI is InChI=1S/C20H26N2O2.HNO2.Na/c1-3-10-11-8-14-17-20(12-6-4-5-7-13(12)21(17)2)9-15(16(11)18(20)23)22(14)19(10)24;2-1-3;/h4-7,10-11,14-19,23-24H,3,8-9H2,1-2H3;(H,2,3);/q;;+1/p-1/t10-,11-,14-,15-,16-,17-,18+,19+,20+;;/m0../s1. The van der Waals surface area contributed by atoms with E-state index in [0.29, 0.717) is 35.9 Å². The number of piperidine rings is 4. The maximum Gasteiger partial charge on any atom is 1.00 e. The Morgan fingerprint density at radius 3 is 2.64 bits per heavy atom. The van der Waals surface area contributed by atoms with Crippen molar-refractivity contribution in [1.82, 2.24) is 4.90 Å². The zero-order chi connectivity index (χ0) is 19.1. The number of aliphatic hydroxyl groups excluding tert-OH is 2. The fourth-order valence-corrected chi connectivity index (χ4v) is 7.88. The van der Waals surface area contributed by atoms with Gasteiger partial charge in [-0.25, -0.2) is 0 Å². The van der Waals surface area contributed by atoms with Gasteiger partial charge in [-0.1, -0.05) is 25.1 Å². The first-order valence-corrected chi connectivity index (χ1v) is 9.93. The second-order valence-electron chi connectivity index (χ2n) is 8.88. The Morgan fingerprint density at radius 1 is 1.29 bits per heavy atom. The SMILES string of the molecule is CC[C@H]1[C@@H]2C[C@H]3[C@@H]4N(C)c5ccccc5[C@]45C[C@@H]([C@H]2[C@H]5O)N3[C@@H]1O.O=N[O-].[Na+]. The second-order valence-corrected chi connectivity index (χ2v) is 8.88. The van der Waals surface area contributed by atoms with E-state index < -0.39 is 0 Å². The van der Waals surface area contributed by atoms with Gasteiger partial charge in [0.05, 0.1) is 12.1 Å². The Balaban J connectivity index is 0.000000454. The van der Waals surface area contributed by atoms with Crippen molar-refractivity contribution >= 4 is 5.69 Å². The van der Waals surface area contributed by atoms with Crippen molar-refractivity contribution in [3.8, 4) is 0 Å². The molecule has 0 amide bonds. The van der Waals surface area contributed by atoms with E-state index in [0.717, 1.165) is 24.6 Å². The van der Waals surface area contributed by atoms with Crippen LogP contribution in [0.25, 0.3) is 0 Å². The summed E-state index contributed by atoms with van der Waals surface area (Å²) in [4.78, 5) is 12.8. The van der Waals surface area contributed by atoms with Crippen LogP contribution in [0.1, 0.15) is 31.7 Å². The first kappa shape index (κ1) is 20.6. The van der Waals surface area contributed by atoms with Gasteiger partial charge in [-0.2, -0.15) is 0 Å².